The Kier molecular flexibility index (Phi) is 5.09. The maximum atomic E-state index is 11.9. The van der Waals surface area contributed by atoms with Crippen LogP contribution in [0.15, 0.2) is 39.4 Å². The molecular formula is C15H13BrClNO3. The molecule has 2 aromatic rings. The molecule has 1 heterocycles. The number of amides is 1. The highest BCUT2D eigenvalue weighted by molar-refractivity contribution is 9.10. The van der Waals surface area contributed by atoms with Gasteiger partial charge in [-0.05, 0) is 52.7 Å². The standard InChI is InChI=1S/C15H13BrClNO3/c1-9-7-12(13(20-2)8-11(9)17)18-15(19)6-4-10-3-5-14(16)21-10/h3-8H,1-2H3,(H,18,19)/b6-4+. The molecule has 110 valence electrons. The number of nitrogens with one attached hydrogen (secondary N) is 1. The molecule has 21 heavy (non-hydrogen) atoms. The first kappa shape index (κ1) is 15.7. The molecule has 0 aliphatic carbocycles. The lowest BCUT2D eigenvalue weighted by Crippen LogP contribution is -2.09. The monoisotopic (exact) mass is 369 g/mol. The second-order valence-electron chi connectivity index (χ2n) is 4.27. The summed E-state index contributed by atoms with van der Waals surface area (Å²) in [5.74, 6) is 0.798. The van der Waals surface area contributed by atoms with Crippen molar-refractivity contribution in [2.45, 2.75) is 6.92 Å². The molecule has 2 rings (SSSR count). The summed E-state index contributed by atoms with van der Waals surface area (Å²) in [5, 5.41) is 3.33. The van der Waals surface area contributed by atoms with E-state index in [-0.39, 0.29) is 5.91 Å². The molecule has 1 aromatic carbocycles. The van der Waals surface area contributed by atoms with Crippen LogP contribution in [0, 0.1) is 6.92 Å². The van der Waals surface area contributed by atoms with Gasteiger partial charge in [0.25, 0.3) is 0 Å². The third kappa shape index (κ3) is 4.12. The minimum atomic E-state index is -0.289. The molecule has 0 atom stereocenters. The average molecular weight is 371 g/mol. The van der Waals surface area contributed by atoms with E-state index in [1.165, 1.54) is 13.2 Å². The zero-order valence-electron chi connectivity index (χ0n) is 11.4. The number of methoxy groups -OCH3 is 1. The van der Waals surface area contributed by atoms with Crippen LogP contribution < -0.4 is 10.1 Å². The Morgan fingerprint density at radius 3 is 2.81 bits per heavy atom. The van der Waals surface area contributed by atoms with Crippen molar-refractivity contribution in [2.75, 3.05) is 12.4 Å². The van der Waals surface area contributed by atoms with Crippen LogP contribution in [0.4, 0.5) is 5.69 Å². The van der Waals surface area contributed by atoms with Crippen molar-refractivity contribution in [1.82, 2.24) is 0 Å². The lowest BCUT2D eigenvalue weighted by Gasteiger charge is -2.11. The number of halogens is 2. The highest BCUT2D eigenvalue weighted by atomic mass is 79.9. The van der Waals surface area contributed by atoms with E-state index in [1.54, 1.807) is 30.3 Å². The van der Waals surface area contributed by atoms with Crippen molar-refractivity contribution < 1.29 is 13.9 Å². The number of carbonyl (C=O) groups excluding carboxylic acids is 1. The first-order chi connectivity index (χ1) is 9.99. The first-order valence-corrected chi connectivity index (χ1v) is 7.25. The summed E-state index contributed by atoms with van der Waals surface area (Å²) in [5.41, 5.74) is 1.42. The van der Waals surface area contributed by atoms with E-state index < -0.39 is 0 Å². The van der Waals surface area contributed by atoms with Crippen LogP contribution in [0.25, 0.3) is 6.08 Å². The van der Waals surface area contributed by atoms with Gasteiger partial charge >= 0.3 is 0 Å². The number of furan rings is 1. The second kappa shape index (κ2) is 6.83. The number of ether oxygens (including phenoxy) is 1. The topological polar surface area (TPSA) is 51.5 Å². The average Bonchev–Trinajstić information content (AvgIpc) is 2.86. The van der Waals surface area contributed by atoms with E-state index in [0.29, 0.717) is 26.9 Å². The number of aryl methyl sites for hydroxylation is 1. The van der Waals surface area contributed by atoms with Crippen LogP contribution in [-0.4, -0.2) is 13.0 Å². The summed E-state index contributed by atoms with van der Waals surface area (Å²) in [6.07, 6.45) is 2.96. The molecule has 0 unspecified atom stereocenters. The van der Waals surface area contributed by atoms with Gasteiger partial charge in [0.05, 0.1) is 12.8 Å². The first-order valence-electron chi connectivity index (χ1n) is 6.08. The Morgan fingerprint density at radius 1 is 1.43 bits per heavy atom. The molecule has 0 fully saturated rings. The van der Waals surface area contributed by atoms with E-state index in [1.807, 2.05) is 6.92 Å². The van der Waals surface area contributed by atoms with Gasteiger partial charge in [-0.1, -0.05) is 11.6 Å². The lowest BCUT2D eigenvalue weighted by molar-refractivity contribution is -0.111. The fourth-order valence-corrected chi connectivity index (χ4v) is 2.15. The van der Waals surface area contributed by atoms with Crippen LogP contribution in [0.2, 0.25) is 5.02 Å². The number of hydrogen-bond acceptors (Lipinski definition) is 3. The van der Waals surface area contributed by atoms with E-state index in [2.05, 4.69) is 21.2 Å². The number of rotatable bonds is 4. The number of hydrogen-bond donors (Lipinski definition) is 1. The fourth-order valence-electron chi connectivity index (χ4n) is 1.68. The van der Waals surface area contributed by atoms with Crippen molar-refractivity contribution in [3.63, 3.8) is 0 Å². The number of benzene rings is 1. The molecule has 6 heteroatoms. The highest BCUT2D eigenvalue weighted by Gasteiger charge is 2.09. The van der Waals surface area contributed by atoms with Gasteiger partial charge in [-0.25, -0.2) is 0 Å². The highest BCUT2D eigenvalue weighted by Crippen LogP contribution is 2.30. The van der Waals surface area contributed by atoms with Crippen molar-refractivity contribution in [3.05, 3.63) is 51.4 Å². The molecular weight excluding hydrogens is 358 g/mol. The van der Waals surface area contributed by atoms with Crippen LogP contribution >= 0.6 is 27.5 Å². The van der Waals surface area contributed by atoms with Gasteiger partial charge in [-0.3, -0.25) is 4.79 Å². The van der Waals surface area contributed by atoms with Crippen molar-refractivity contribution in [2.24, 2.45) is 0 Å². The Labute approximate surface area is 135 Å². The van der Waals surface area contributed by atoms with Gasteiger partial charge in [-0.2, -0.15) is 0 Å². The summed E-state index contributed by atoms with van der Waals surface area (Å²) < 4.78 is 11.1. The molecule has 1 N–H and O–H groups in total. The molecule has 0 aliphatic rings. The largest absolute Gasteiger partial charge is 0.495 e. The maximum absolute atomic E-state index is 11.9. The minimum absolute atomic E-state index is 0.289. The Bertz CT molecular complexity index is 694. The summed E-state index contributed by atoms with van der Waals surface area (Å²) in [6, 6.07) is 6.93. The number of anilines is 1. The van der Waals surface area contributed by atoms with Crippen LogP contribution in [0.1, 0.15) is 11.3 Å². The Hall–Kier alpha value is -1.72. The van der Waals surface area contributed by atoms with Crippen molar-refractivity contribution in [1.29, 1.82) is 0 Å². The van der Waals surface area contributed by atoms with Gasteiger partial charge in [0.15, 0.2) is 4.67 Å². The van der Waals surface area contributed by atoms with E-state index in [9.17, 15) is 4.79 Å². The van der Waals surface area contributed by atoms with E-state index >= 15 is 0 Å². The molecule has 0 radical (unpaired) electrons. The third-order valence-electron chi connectivity index (χ3n) is 2.73. The predicted octanol–water partition coefficient (Wildman–Crippen LogP) is 4.66. The van der Waals surface area contributed by atoms with Gasteiger partial charge in [0, 0.05) is 17.2 Å². The van der Waals surface area contributed by atoms with Crippen LogP contribution in [0.3, 0.4) is 0 Å². The normalized spacial score (nSPS) is 10.9. The lowest BCUT2D eigenvalue weighted by atomic mass is 10.2. The molecule has 1 aromatic heterocycles. The van der Waals surface area contributed by atoms with Gasteiger partial charge in [-0.15, -0.1) is 0 Å². The smallest absolute Gasteiger partial charge is 0.248 e. The molecule has 1 amide bonds. The Morgan fingerprint density at radius 2 is 2.19 bits per heavy atom. The molecule has 4 nitrogen and oxygen atoms in total. The molecule has 0 aliphatic heterocycles. The third-order valence-corrected chi connectivity index (χ3v) is 3.56. The number of carbonyl (C=O) groups is 1. The van der Waals surface area contributed by atoms with Crippen LogP contribution in [0.5, 0.6) is 5.75 Å². The SMILES string of the molecule is COc1cc(Cl)c(C)cc1NC(=O)/C=C/c1ccc(Br)o1. The van der Waals surface area contributed by atoms with Gasteiger partial charge in [0.1, 0.15) is 11.5 Å². The molecule has 0 saturated heterocycles. The van der Waals surface area contributed by atoms with E-state index in [0.717, 1.165) is 5.56 Å². The van der Waals surface area contributed by atoms with E-state index in [4.69, 9.17) is 20.8 Å². The van der Waals surface area contributed by atoms with Crippen LogP contribution in [-0.2, 0) is 4.79 Å². The fraction of sp³-hybridized carbons (Fsp3) is 0.133. The Balaban J connectivity index is 2.12. The summed E-state index contributed by atoms with van der Waals surface area (Å²) in [7, 11) is 1.52. The van der Waals surface area contributed by atoms with Crippen molar-refractivity contribution >= 4 is 45.2 Å². The maximum Gasteiger partial charge on any atom is 0.248 e. The van der Waals surface area contributed by atoms with Gasteiger partial charge in [0.2, 0.25) is 5.91 Å². The molecule has 0 bridgehead atoms. The quantitative estimate of drug-likeness (QED) is 0.796. The summed E-state index contributed by atoms with van der Waals surface area (Å²) in [6.45, 7) is 1.85. The minimum Gasteiger partial charge on any atom is -0.495 e. The molecule has 0 saturated carbocycles. The summed E-state index contributed by atoms with van der Waals surface area (Å²) >= 11 is 9.22. The molecule has 0 spiro atoms. The predicted molar refractivity (Wildman–Crippen MR) is 86.8 cm³/mol. The zero-order valence-corrected chi connectivity index (χ0v) is 13.8. The second-order valence-corrected chi connectivity index (χ2v) is 5.45. The van der Waals surface area contributed by atoms with Gasteiger partial charge < -0.3 is 14.5 Å². The summed E-state index contributed by atoms with van der Waals surface area (Å²) in [4.78, 5) is 11.9. The zero-order chi connectivity index (χ0) is 15.4. The van der Waals surface area contributed by atoms with Crippen molar-refractivity contribution in [3.8, 4) is 5.75 Å².